The lowest BCUT2D eigenvalue weighted by atomic mass is 10.1. The van der Waals surface area contributed by atoms with Crippen molar-refractivity contribution in [1.82, 2.24) is 5.01 Å². The Labute approximate surface area is 121 Å². The number of halogens is 1. The van der Waals surface area contributed by atoms with Crippen LogP contribution in [-0.4, -0.2) is 30.4 Å². The van der Waals surface area contributed by atoms with Crippen LogP contribution in [0.2, 0.25) is 0 Å². The van der Waals surface area contributed by atoms with Gasteiger partial charge in [0.05, 0.1) is 18.9 Å². The Morgan fingerprint density at radius 3 is 2.48 bits per heavy atom. The quantitative estimate of drug-likeness (QED) is 0.840. The Hall–Kier alpha value is -2.57. The summed E-state index contributed by atoms with van der Waals surface area (Å²) in [6, 6.07) is 3.87. The van der Waals surface area contributed by atoms with Crippen LogP contribution in [0, 0.1) is 5.82 Å². The van der Waals surface area contributed by atoms with Crippen molar-refractivity contribution in [2.75, 3.05) is 18.2 Å². The van der Waals surface area contributed by atoms with Crippen molar-refractivity contribution in [3.8, 4) is 0 Å². The molecule has 1 aliphatic heterocycles. The van der Waals surface area contributed by atoms with Crippen LogP contribution in [0.25, 0.3) is 6.08 Å². The summed E-state index contributed by atoms with van der Waals surface area (Å²) in [5.41, 5.74) is 0.800. The van der Waals surface area contributed by atoms with Crippen molar-refractivity contribution < 1.29 is 23.5 Å². The van der Waals surface area contributed by atoms with Crippen molar-refractivity contribution in [3.05, 3.63) is 35.8 Å². The minimum atomic E-state index is -0.747. The molecule has 1 aromatic carbocycles. The van der Waals surface area contributed by atoms with Crippen molar-refractivity contribution >= 4 is 23.9 Å². The summed E-state index contributed by atoms with van der Waals surface area (Å²) >= 11 is 0. The number of fused-ring (bicyclic) bond motifs is 1. The van der Waals surface area contributed by atoms with Gasteiger partial charge in [-0.05, 0) is 38.1 Å². The maximum Gasteiger partial charge on any atom is 0.434 e. The van der Waals surface area contributed by atoms with Gasteiger partial charge in [-0.25, -0.2) is 14.0 Å². The van der Waals surface area contributed by atoms with Gasteiger partial charge in [0.2, 0.25) is 0 Å². The van der Waals surface area contributed by atoms with Crippen LogP contribution in [0.5, 0.6) is 0 Å². The fourth-order valence-corrected chi connectivity index (χ4v) is 1.89. The van der Waals surface area contributed by atoms with Crippen LogP contribution < -0.4 is 5.01 Å². The van der Waals surface area contributed by atoms with Crippen molar-refractivity contribution in [2.45, 2.75) is 13.8 Å². The van der Waals surface area contributed by atoms with Gasteiger partial charge in [0.1, 0.15) is 5.82 Å². The van der Waals surface area contributed by atoms with E-state index in [-0.39, 0.29) is 13.2 Å². The molecule has 1 aliphatic rings. The maximum atomic E-state index is 13.3. The number of hydrazine groups is 1. The van der Waals surface area contributed by atoms with Crippen LogP contribution in [0.15, 0.2) is 24.4 Å². The fraction of sp³-hybridized carbons (Fsp3) is 0.286. The van der Waals surface area contributed by atoms with Gasteiger partial charge in [0.15, 0.2) is 0 Å². The summed E-state index contributed by atoms with van der Waals surface area (Å²) < 4.78 is 23.1. The first kappa shape index (κ1) is 14.8. The second-order valence-electron chi connectivity index (χ2n) is 4.07. The van der Waals surface area contributed by atoms with Crippen LogP contribution in [0.4, 0.5) is 19.7 Å². The normalized spacial score (nSPS) is 12.9. The van der Waals surface area contributed by atoms with Gasteiger partial charge in [-0.15, -0.1) is 0 Å². The van der Waals surface area contributed by atoms with Gasteiger partial charge in [0, 0.05) is 11.8 Å². The van der Waals surface area contributed by atoms with E-state index in [9.17, 15) is 14.0 Å². The lowest BCUT2D eigenvalue weighted by Gasteiger charge is -2.33. The van der Waals surface area contributed by atoms with E-state index in [1.165, 1.54) is 30.5 Å². The number of carbonyl (C=O) groups is 2. The number of nitrogens with zero attached hydrogens (tertiary/aromatic N) is 2. The van der Waals surface area contributed by atoms with Gasteiger partial charge < -0.3 is 9.47 Å². The highest BCUT2D eigenvalue weighted by Crippen LogP contribution is 2.30. The summed E-state index contributed by atoms with van der Waals surface area (Å²) in [6.45, 7) is 3.61. The lowest BCUT2D eigenvalue weighted by Crippen LogP contribution is -2.49. The van der Waals surface area contributed by atoms with E-state index >= 15 is 0 Å². The van der Waals surface area contributed by atoms with E-state index in [0.29, 0.717) is 11.3 Å². The molecule has 0 atom stereocenters. The summed E-state index contributed by atoms with van der Waals surface area (Å²) in [4.78, 5) is 24.0. The Kier molecular flexibility index (Phi) is 4.42. The number of rotatable bonds is 2. The van der Waals surface area contributed by atoms with Crippen LogP contribution in [0.1, 0.15) is 19.4 Å². The summed E-state index contributed by atoms with van der Waals surface area (Å²) in [7, 11) is 0. The zero-order chi connectivity index (χ0) is 15.4. The molecule has 2 amide bonds. The minimum Gasteiger partial charge on any atom is -0.448 e. The highest BCUT2D eigenvalue weighted by Gasteiger charge is 2.32. The van der Waals surface area contributed by atoms with Gasteiger partial charge in [0.25, 0.3) is 0 Å². The predicted molar refractivity (Wildman–Crippen MR) is 73.8 cm³/mol. The molecule has 0 spiro atoms. The molecule has 0 radical (unpaired) electrons. The third-order valence-corrected chi connectivity index (χ3v) is 2.72. The number of amides is 2. The first-order chi connectivity index (χ1) is 10.1. The average Bonchev–Trinajstić information content (AvgIpc) is 2.46. The van der Waals surface area contributed by atoms with E-state index < -0.39 is 18.0 Å². The standard InChI is InChI=1S/C14H15FN2O4/c1-3-20-13(18)16-8-7-10-9-11(15)5-6-12(10)17(16)14(19)21-4-2/h5-9H,3-4H2,1-2H3. The number of carbonyl (C=O) groups excluding carboxylic acids is 2. The molecule has 0 fully saturated rings. The first-order valence-corrected chi connectivity index (χ1v) is 6.49. The molecular formula is C14H15FN2O4. The SMILES string of the molecule is CCOC(=O)N1C=Cc2cc(F)ccc2N1C(=O)OCC. The predicted octanol–water partition coefficient (Wildman–Crippen LogP) is 3.15. The zero-order valence-corrected chi connectivity index (χ0v) is 11.7. The zero-order valence-electron chi connectivity index (χ0n) is 11.7. The number of hydrogen-bond donors (Lipinski definition) is 0. The molecule has 112 valence electrons. The van der Waals surface area contributed by atoms with Gasteiger partial charge in [-0.3, -0.25) is 0 Å². The van der Waals surface area contributed by atoms with E-state index in [2.05, 4.69) is 0 Å². The average molecular weight is 294 g/mol. The largest absolute Gasteiger partial charge is 0.448 e. The van der Waals surface area contributed by atoms with E-state index in [1.807, 2.05) is 0 Å². The van der Waals surface area contributed by atoms with Crippen LogP contribution >= 0.6 is 0 Å². The lowest BCUT2D eigenvalue weighted by molar-refractivity contribution is 0.107. The molecule has 0 aliphatic carbocycles. The van der Waals surface area contributed by atoms with Gasteiger partial charge in [-0.1, -0.05) is 0 Å². The van der Waals surface area contributed by atoms with Crippen molar-refractivity contribution in [3.63, 3.8) is 0 Å². The maximum absolute atomic E-state index is 13.3. The van der Waals surface area contributed by atoms with Gasteiger partial charge in [-0.2, -0.15) is 10.0 Å². The van der Waals surface area contributed by atoms with Crippen LogP contribution in [-0.2, 0) is 9.47 Å². The van der Waals surface area contributed by atoms with Crippen molar-refractivity contribution in [2.24, 2.45) is 0 Å². The molecule has 0 unspecified atom stereocenters. The molecule has 0 saturated carbocycles. The number of anilines is 1. The second-order valence-corrected chi connectivity index (χ2v) is 4.07. The molecule has 1 aromatic rings. The number of ether oxygens (including phenoxy) is 2. The number of hydrogen-bond acceptors (Lipinski definition) is 4. The highest BCUT2D eigenvalue weighted by atomic mass is 19.1. The Morgan fingerprint density at radius 2 is 1.81 bits per heavy atom. The molecule has 21 heavy (non-hydrogen) atoms. The van der Waals surface area contributed by atoms with Gasteiger partial charge >= 0.3 is 12.2 Å². The smallest absolute Gasteiger partial charge is 0.434 e. The van der Waals surface area contributed by atoms with Crippen LogP contribution in [0.3, 0.4) is 0 Å². The second kappa shape index (κ2) is 6.25. The molecule has 0 N–H and O–H groups in total. The molecule has 0 saturated heterocycles. The highest BCUT2D eigenvalue weighted by molar-refractivity contribution is 5.95. The minimum absolute atomic E-state index is 0.145. The molecule has 6 nitrogen and oxygen atoms in total. The molecule has 2 rings (SSSR count). The fourth-order valence-electron chi connectivity index (χ4n) is 1.89. The van der Waals surface area contributed by atoms with E-state index in [0.717, 1.165) is 10.0 Å². The Morgan fingerprint density at radius 1 is 1.14 bits per heavy atom. The summed E-state index contributed by atoms with van der Waals surface area (Å²) in [5.74, 6) is -0.438. The monoisotopic (exact) mass is 294 g/mol. The number of benzene rings is 1. The Balaban J connectivity index is 2.42. The summed E-state index contributed by atoms with van der Waals surface area (Å²) in [6.07, 6.45) is 1.38. The van der Waals surface area contributed by atoms with Crippen molar-refractivity contribution in [1.29, 1.82) is 0 Å². The molecule has 0 aromatic heterocycles. The molecule has 0 bridgehead atoms. The third kappa shape index (κ3) is 2.96. The molecule has 7 heteroatoms. The summed E-state index contributed by atoms with van der Waals surface area (Å²) in [5, 5.41) is 2.00. The molecular weight excluding hydrogens is 279 g/mol. The van der Waals surface area contributed by atoms with E-state index in [1.54, 1.807) is 13.8 Å². The first-order valence-electron chi connectivity index (χ1n) is 6.49. The van der Waals surface area contributed by atoms with E-state index in [4.69, 9.17) is 9.47 Å². The topological polar surface area (TPSA) is 59.1 Å². The molecule has 1 heterocycles. The third-order valence-electron chi connectivity index (χ3n) is 2.72. The Bertz CT molecular complexity index is 588.